The van der Waals surface area contributed by atoms with Gasteiger partial charge >= 0.3 is 0 Å². The van der Waals surface area contributed by atoms with Crippen molar-refractivity contribution in [2.75, 3.05) is 13.2 Å². The largest absolute Gasteiger partial charge is 0.394 e. The second kappa shape index (κ2) is 7.63. The van der Waals surface area contributed by atoms with Gasteiger partial charge in [-0.2, -0.15) is 0 Å². The number of aliphatic hydroxyl groups excluding tert-OH is 8. The smallest absolute Gasteiger partial charge is 0.189 e. The third-order valence-electron chi connectivity index (χ3n) is 3.91. The molecule has 0 saturated carbocycles. The fourth-order valence-corrected chi connectivity index (χ4v) is 2.54. The molecule has 0 unspecified atom stereocenters. The van der Waals surface area contributed by atoms with Crippen molar-refractivity contribution in [2.45, 2.75) is 61.4 Å². The summed E-state index contributed by atoms with van der Waals surface area (Å²) in [6.07, 6.45) is -14.9. The average molecular weight is 342 g/mol. The van der Waals surface area contributed by atoms with Crippen molar-refractivity contribution in [2.24, 2.45) is 0 Å². The molecular weight excluding hydrogens is 320 g/mol. The third kappa shape index (κ3) is 3.65. The molecule has 2 aliphatic rings. The van der Waals surface area contributed by atoms with Crippen LogP contribution in [-0.2, 0) is 14.2 Å². The van der Waals surface area contributed by atoms with E-state index in [1.807, 2.05) is 0 Å². The van der Waals surface area contributed by atoms with Crippen LogP contribution in [0.4, 0.5) is 0 Å². The van der Waals surface area contributed by atoms with E-state index in [9.17, 15) is 30.6 Å². The van der Waals surface area contributed by atoms with Gasteiger partial charge in [0.1, 0.15) is 48.8 Å². The van der Waals surface area contributed by atoms with E-state index in [0.29, 0.717) is 0 Å². The predicted molar refractivity (Wildman–Crippen MR) is 68.6 cm³/mol. The van der Waals surface area contributed by atoms with Crippen LogP contribution < -0.4 is 0 Å². The molecule has 0 aliphatic carbocycles. The van der Waals surface area contributed by atoms with Crippen molar-refractivity contribution in [3.05, 3.63) is 0 Å². The minimum Gasteiger partial charge on any atom is -0.394 e. The van der Waals surface area contributed by atoms with Gasteiger partial charge in [-0.25, -0.2) is 0 Å². The highest BCUT2D eigenvalue weighted by Gasteiger charge is 2.52. The van der Waals surface area contributed by atoms with Crippen LogP contribution >= 0.6 is 0 Å². The monoisotopic (exact) mass is 342 g/mol. The molecular formula is C12H22O11. The zero-order chi connectivity index (χ0) is 17.3. The maximum absolute atomic E-state index is 9.82. The molecule has 136 valence electrons. The van der Waals surface area contributed by atoms with Crippen molar-refractivity contribution >= 4 is 0 Å². The molecule has 2 fully saturated rings. The van der Waals surface area contributed by atoms with Crippen molar-refractivity contribution in [3.8, 4) is 0 Å². The molecule has 2 rings (SSSR count). The Kier molecular flexibility index (Phi) is 6.27. The normalized spacial score (nSPS) is 47.0. The van der Waals surface area contributed by atoms with Crippen LogP contribution in [0, 0.1) is 0 Å². The summed E-state index contributed by atoms with van der Waals surface area (Å²) in [6, 6.07) is 0. The van der Waals surface area contributed by atoms with E-state index in [4.69, 9.17) is 24.4 Å². The van der Waals surface area contributed by atoms with Gasteiger partial charge in [0.25, 0.3) is 0 Å². The molecule has 10 atom stereocenters. The lowest BCUT2D eigenvalue weighted by Crippen LogP contribution is -2.41. The Hall–Kier alpha value is -0.440. The van der Waals surface area contributed by atoms with Gasteiger partial charge in [0.05, 0.1) is 13.2 Å². The van der Waals surface area contributed by atoms with Crippen LogP contribution in [0.25, 0.3) is 0 Å². The molecule has 11 nitrogen and oxygen atoms in total. The van der Waals surface area contributed by atoms with Gasteiger partial charge < -0.3 is 55.1 Å². The van der Waals surface area contributed by atoms with Crippen molar-refractivity contribution in [1.29, 1.82) is 0 Å². The Bertz CT molecular complexity index is 348. The van der Waals surface area contributed by atoms with Gasteiger partial charge in [0.2, 0.25) is 0 Å². The highest BCUT2D eigenvalue weighted by molar-refractivity contribution is 4.94. The Morgan fingerprint density at radius 1 is 0.696 bits per heavy atom. The van der Waals surface area contributed by atoms with Crippen molar-refractivity contribution < 1.29 is 55.1 Å². The Morgan fingerprint density at radius 3 is 1.35 bits per heavy atom. The lowest BCUT2D eigenvalue weighted by atomic mass is 10.1. The summed E-state index contributed by atoms with van der Waals surface area (Å²) >= 11 is 0. The van der Waals surface area contributed by atoms with Crippen LogP contribution in [0.3, 0.4) is 0 Å². The number of aliphatic hydroxyl groups is 8. The van der Waals surface area contributed by atoms with Gasteiger partial charge in [0.15, 0.2) is 12.6 Å². The highest BCUT2D eigenvalue weighted by atomic mass is 16.8. The number of hydrogen-bond acceptors (Lipinski definition) is 11. The zero-order valence-electron chi connectivity index (χ0n) is 12.0. The topological polar surface area (TPSA) is 190 Å². The summed E-state index contributed by atoms with van der Waals surface area (Å²) in [5, 5.41) is 75.8. The zero-order valence-corrected chi connectivity index (χ0v) is 12.0. The van der Waals surface area contributed by atoms with E-state index in [1.165, 1.54) is 0 Å². The molecule has 0 radical (unpaired) electrons. The molecule has 0 bridgehead atoms. The van der Waals surface area contributed by atoms with E-state index in [0.717, 1.165) is 0 Å². The first-order valence-electron chi connectivity index (χ1n) is 7.08. The maximum atomic E-state index is 9.82. The van der Waals surface area contributed by atoms with E-state index >= 15 is 0 Å². The molecule has 2 saturated heterocycles. The van der Waals surface area contributed by atoms with Crippen LogP contribution in [-0.4, -0.2) is 115 Å². The van der Waals surface area contributed by atoms with Gasteiger partial charge in [-0.1, -0.05) is 0 Å². The highest BCUT2D eigenvalue weighted by Crippen LogP contribution is 2.30. The Balaban J connectivity index is 1.99. The van der Waals surface area contributed by atoms with Crippen molar-refractivity contribution in [3.63, 3.8) is 0 Å². The van der Waals surface area contributed by atoms with Gasteiger partial charge in [-0.3, -0.25) is 0 Å². The van der Waals surface area contributed by atoms with E-state index < -0.39 is 74.6 Å². The fraction of sp³-hybridized carbons (Fsp3) is 1.00. The second-order valence-corrected chi connectivity index (χ2v) is 5.54. The first-order valence-corrected chi connectivity index (χ1v) is 7.08. The van der Waals surface area contributed by atoms with Crippen LogP contribution in [0.1, 0.15) is 0 Å². The van der Waals surface area contributed by atoms with E-state index in [-0.39, 0.29) is 0 Å². The lowest BCUT2D eigenvalue weighted by Gasteiger charge is -2.22. The number of hydrogen-bond donors (Lipinski definition) is 8. The molecule has 0 amide bonds. The predicted octanol–water partition coefficient (Wildman–Crippen LogP) is -5.40. The first-order chi connectivity index (χ1) is 10.8. The van der Waals surface area contributed by atoms with Gasteiger partial charge in [-0.05, 0) is 0 Å². The molecule has 11 heteroatoms. The quantitative estimate of drug-likeness (QED) is 0.230. The van der Waals surface area contributed by atoms with Crippen LogP contribution in [0.15, 0.2) is 0 Å². The van der Waals surface area contributed by atoms with E-state index in [1.54, 1.807) is 0 Å². The molecule has 8 N–H and O–H groups in total. The van der Waals surface area contributed by atoms with Gasteiger partial charge in [0, 0.05) is 0 Å². The van der Waals surface area contributed by atoms with Crippen molar-refractivity contribution in [1.82, 2.24) is 0 Å². The summed E-state index contributed by atoms with van der Waals surface area (Å²) in [6.45, 7) is -1.43. The number of ether oxygens (including phenoxy) is 3. The molecule has 0 aromatic carbocycles. The molecule has 0 aromatic heterocycles. The fourth-order valence-electron chi connectivity index (χ4n) is 2.54. The second-order valence-electron chi connectivity index (χ2n) is 5.54. The average Bonchev–Trinajstić information content (AvgIpc) is 2.99. The van der Waals surface area contributed by atoms with Crippen LogP contribution in [0.5, 0.6) is 0 Å². The molecule has 0 spiro atoms. The minimum absolute atomic E-state index is 0.715. The lowest BCUT2D eigenvalue weighted by molar-refractivity contribution is -0.275. The maximum Gasteiger partial charge on any atom is 0.189 e. The SMILES string of the molecule is OC[C@@H](O)[C@@H]1O[C@@H](O[C@@H]2O[C@@H]([C@H](O)CO)[C@H](O)[C@H]2O)[C@H](O)[C@H]1O. The van der Waals surface area contributed by atoms with Gasteiger partial charge in [-0.15, -0.1) is 0 Å². The molecule has 23 heavy (non-hydrogen) atoms. The third-order valence-corrected chi connectivity index (χ3v) is 3.91. The summed E-state index contributed by atoms with van der Waals surface area (Å²) in [5.41, 5.74) is 0. The number of rotatable bonds is 6. The summed E-state index contributed by atoms with van der Waals surface area (Å²) in [4.78, 5) is 0. The Morgan fingerprint density at radius 2 is 1.04 bits per heavy atom. The Labute approximate surface area is 130 Å². The summed E-state index contributed by atoms with van der Waals surface area (Å²) < 4.78 is 15.3. The van der Waals surface area contributed by atoms with E-state index in [2.05, 4.69) is 0 Å². The molecule has 2 aliphatic heterocycles. The molecule has 0 aromatic rings. The summed E-state index contributed by atoms with van der Waals surface area (Å²) in [7, 11) is 0. The van der Waals surface area contributed by atoms with Crippen LogP contribution in [0.2, 0.25) is 0 Å². The first kappa shape index (κ1) is 18.9. The standard InChI is InChI=1S/C12H22O11/c13-1-3(15)9-5(17)7(19)11(21-9)23-12-8(20)6(18)10(22-12)4(16)2-14/h3-20H,1-2H2/t3-,4-,5-,6-,7-,8-,9+,10+,11+,12+/m1/s1. The summed E-state index contributed by atoms with van der Waals surface area (Å²) in [5.74, 6) is 0. The molecule has 2 heterocycles. The minimum atomic E-state index is -1.60.